The molecule has 0 spiro atoms. The summed E-state index contributed by atoms with van der Waals surface area (Å²) in [4.78, 5) is 17.7. The second kappa shape index (κ2) is 6.27. The van der Waals surface area contributed by atoms with Gasteiger partial charge in [-0.1, -0.05) is 0 Å². The molecule has 1 fully saturated rings. The maximum Gasteiger partial charge on any atom is 0.301 e. The van der Waals surface area contributed by atoms with Crippen LogP contribution in [0.3, 0.4) is 0 Å². The number of piperidine rings is 1. The summed E-state index contributed by atoms with van der Waals surface area (Å²) in [7, 11) is 1.97. The van der Waals surface area contributed by atoms with Crippen molar-refractivity contribution in [1.29, 1.82) is 0 Å². The van der Waals surface area contributed by atoms with Gasteiger partial charge in [-0.15, -0.1) is 0 Å². The molecule has 2 heterocycles. The number of nitrogens with zero attached hydrogens (tertiary/aromatic N) is 3. The van der Waals surface area contributed by atoms with Crippen LogP contribution in [0.15, 0.2) is 30.5 Å². The van der Waals surface area contributed by atoms with Gasteiger partial charge in [0.05, 0.1) is 15.8 Å². The van der Waals surface area contributed by atoms with Crippen LogP contribution in [0.1, 0.15) is 12.8 Å². The van der Waals surface area contributed by atoms with E-state index in [0.717, 1.165) is 32.5 Å². The highest BCUT2D eigenvalue weighted by molar-refractivity contribution is 5.94. The van der Waals surface area contributed by atoms with E-state index in [4.69, 9.17) is 0 Å². The number of rotatable bonds is 4. The molecule has 1 aliphatic rings. The van der Waals surface area contributed by atoms with Crippen LogP contribution in [0.2, 0.25) is 0 Å². The molecule has 1 aromatic heterocycles. The van der Waals surface area contributed by atoms with Crippen molar-refractivity contribution in [2.75, 3.05) is 31.6 Å². The molecular formula is C16H20N4O2. The molecule has 3 rings (SSSR count). The molecule has 1 saturated heterocycles. The Hall–Kier alpha value is -2.21. The first kappa shape index (κ1) is 14.7. The predicted octanol–water partition coefficient (Wildman–Crippen LogP) is 2.58. The molecule has 6 heteroatoms. The molecule has 116 valence electrons. The van der Waals surface area contributed by atoms with Crippen molar-refractivity contribution in [2.24, 2.45) is 5.92 Å². The Labute approximate surface area is 129 Å². The Bertz CT molecular complexity index is 681. The van der Waals surface area contributed by atoms with Crippen molar-refractivity contribution in [3.05, 3.63) is 40.6 Å². The molecule has 1 aliphatic heterocycles. The average molecular weight is 300 g/mol. The van der Waals surface area contributed by atoms with Crippen LogP contribution >= 0.6 is 0 Å². The number of hydrogen-bond acceptors (Lipinski definition) is 5. The molecule has 0 atom stereocenters. The van der Waals surface area contributed by atoms with Crippen molar-refractivity contribution >= 4 is 22.3 Å². The van der Waals surface area contributed by atoms with E-state index in [-0.39, 0.29) is 10.6 Å². The Morgan fingerprint density at radius 2 is 2.14 bits per heavy atom. The third kappa shape index (κ3) is 2.74. The van der Waals surface area contributed by atoms with E-state index in [2.05, 4.69) is 15.2 Å². The van der Waals surface area contributed by atoms with Gasteiger partial charge in [0.2, 0.25) is 0 Å². The molecule has 0 unspecified atom stereocenters. The Morgan fingerprint density at radius 1 is 1.36 bits per heavy atom. The normalized spacial score (nSPS) is 16.1. The third-order valence-corrected chi connectivity index (χ3v) is 4.37. The number of nitrogens with one attached hydrogen (secondary N) is 1. The van der Waals surface area contributed by atoms with Crippen LogP contribution in [0.25, 0.3) is 10.9 Å². The van der Waals surface area contributed by atoms with Gasteiger partial charge in [-0.25, -0.2) is 0 Å². The van der Waals surface area contributed by atoms with Crippen LogP contribution in [0.5, 0.6) is 0 Å². The van der Waals surface area contributed by atoms with Gasteiger partial charge in [0.1, 0.15) is 5.69 Å². The summed E-state index contributed by atoms with van der Waals surface area (Å²) in [6.45, 7) is 2.73. The minimum absolute atomic E-state index is 0.178. The average Bonchev–Trinajstić information content (AvgIpc) is 2.54. The second-order valence-corrected chi connectivity index (χ2v) is 5.75. The van der Waals surface area contributed by atoms with E-state index in [1.165, 1.54) is 0 Å². The van der Waals surface area contributed by atoms with Crippen molar-refractivity contribution in [3.8, 4) is 0 Å². The Balaban J connectivity index is 1.94. The lowest BCUT2D eigenvalue weighted by molar-refractivity contribution is -0.382. The number of nitro groups is 1. The minimum atomic E-state index is -0.279. The van der Waals surface area contributed by atoms with E-state index < -0.39 is 0 Å². The first-order valence-corrected chi connectivity index (χ1v) is 7.62. The van der Waals surface area contributed by atoms with Crippen LogP contribution in [0.4, 0.5) is 11.4 Å². The smallest absolute Gasteiger partial charge is 0.301 e. The Morgan fingerprint density at radius 3 is 2.82 bits per heavy atom. The van der Waals surface area contributed by atoms with Gasteiger partial charge in [0.25, 0.3) is 0 Å². The van der Waals surface area contributed by atoms with E-state index in [1.54, 1.807) is 18.3 Å². The van der Waals surface area contributed by atoms with Gasteiger partial charge in [-0.05, 0) is 56.6 Å². The van der Waals surface area contributed by atoms with Crippen LogP contribution in [-0.4, -0.2) is 36.6 Å². The van der Waals surface area contributed by atoms with E-state index >= 15 is 0 Å². The largest absolute Gasteiger partial charge is 0.366 e. The highest BCUT2D eigenvalue weighted by atomic mass is 16.6. The lowest BCUT2D eigenvalue weighted by Crippen LogP contribution is -2.37. The van der Waals surface area contributed by atoms with Crippen molar-refractivity contribution in [2.45, 2.75) is 12.8 Å². The van der Waals surface area contributed by atoms with E-state index in [9.17, 15) is 10.1 Å². The molecule has 1 aromatic carbocycles. The van der Waals surface area contributed by atoms with Gasteiger partial charge < -0.3 is 10.2 Å². The highest BCUT2D eigenvalue weighted by Crippen LogP contribution is 2.36. The first-order chi connectivity index (χ1) is 10.7. The quantitative estimate of drug-likeness (QED) is 0.694. The van der Waals surface area contributed by atoms with Crippen molar-refractivity contribution in [1.82, 2.24) is 10.3 Å². The molecule has 0 saturated carbocycles. The minimum Gasteiger partial charge on any atom is -0.366 e. The SMILES string of the molecule is CNCC1CCN(c2ccc3ncccc3c2[N+](=O)[O-])CC1. The van der Waals surface area contributed by atoms with Crippen LogP contribution < -0.4 is 10.2 Å². The summed E-state index contributed by atoms with van der Waals surface area (Å²) in [5.41, 5.74) is 1.56. The molecule has 6 nitrogen and oxygen atoms in total. The maximum absolute atomic E-state index is 11.6. The molecule has 0 aliphatic carbocycles. The van der Waals surface area contributed by atoms with Gasteiger partial charge in [-0.3, -0.25) is 15.1 Å². The van der Waals surface area contributed by atoms with Crippen molar-refractivity contribution < 1.29 is 4.92 Å². The number of aromatic nitrogens is 1. The number of benzene rings is 1. The molecule has 0 amide bonds. The summed E-state index contributed by atoms with van der Waals surface area (Å²) >= 11 is 0. The fourth-order valence-electron chi connectivity index (χ4n) is 3.24. The number of anilines is 1. The summed E-state index contributed by atoms with van der Waals surface area (Å²) < 4.78 is 0. The van der Waals surface area contributed by atoms with Crippen LogP contribution in [0, 0.1) is 16.0 Å². The first-order valence-electron chi connectivity index (χ1n) is 7.62. The zero-order valence-corrected chi connectivity index (χ0v) is 12.7. The standard InChI is InChI=1S/C16H20N4O2/c1-17-11-12-6-9-19(10-7-12)15-5-4-14-13(3-2-8-18-14)16(15)20(21)22/h2-5,8,12,17H,6-7,9-11H2,1H3. The lowest BCUT2D eigenvalue weighted by atomic mass is 9.96. The zero-order valence-electron chi connectivity index (χ0n) is 12.7. The van der Waals surface area contributed by atoms with Gasteiger partial charge in [0.15, 0.2) is 0 Å². The summed E-state index contributed by atoms with van der Waals surface area (Å²) in [5.74, 6) is 0.655. The number of pyridine rings is 1. The maximum atomic E-state index is 11.6. The number of nitro benzene ring substituents is 1. The molecular weight excluding hydrogens is 280 g/mol. The molecule has 2 aromatic rings. The molecule has 22 heavy (non-hydrogen) atoms. The van der Waals surface area contributed by atoms with Gasteiger partial charge in [0, 0.05) is 19.3 Å². The summed E-state index contributed by atoms with van der Waals surface area (Å²) in [5, 5.41) is 15.4. The fourth-order valence-corrected chi connectivity index (χ4v) is 3.24. The van der Waals surface area contributed by atoms with E-state index in [1.807, 2.05) is 19.2 Å². The Kier molecular flexibility index (Phi) is 4.20. The monoisotopic (exact) mass is 300 g/mol. The third-order valence-electron chi connectivity index (χ3n) is 4.37. The molecule has 0 bridgehead atoms. The fraction of sp³-hybridized carbons (Fsp3) is 0.438. The van der Waals surface area contributed by atoms with Gasteiger partial charge >= 0.3 is 5.69 Å². The zero-order chi connectivity index (χ0) is 15.5. The highest BCUT2D eigenvalue weighted by Gasteiger charge is 2.26. The predicted molar refractivity (Wildman–Crippen MR) is 87.3 cm³/mol. The summed E-state index contributed by atoms with van der Waals surface area (Å²) in [6.07, 6.45) is 3.78. The topological polar surface area (TPSA) is 71.3 Å². The lowest BCUT2D eigenvalue weighted by Gasteiger charge is -2.33. The molecule has 1 N–H and O–H groups in total. The molecule has 0 radical (unpaired) electrons. The van der Waals surface area contributed by atoms with Crippen LogP contribution in [-0.2, 0) is 0 Å². The number of hydrogen-bond donors (Lipinski definition) is 1. The second-order valence-electron chi connectivity index (χ2n) is 5.75. The summed E-state index contributed by atoms with van der Waals surface area (Å²) in [6, 6.07) is 7.24. The van der Waals surface area contributed by atoms with Crippen molar-refractivity contribution in [3.63, 3.8) is 0 Å². The van der Waals surface area contributed by atoms with Gasteiger partial charge in [-0.2, -0.15) is 0 Å². The number of fused-ring (bicyclic) bond motifs is 1. The van der Waals surface area contributed by atoms with E-state index in [0.29, 0.717) is 22.5 Å².